The Hall–Kier alpha value is -2.95. The number of hydrogen-bond acceptors (Lipinski definition) is 3. The van der Waals surface area contributed by atoms with E-state index in [0.29, 0.717) is 5.69 Å². The van der Waals surface area contributed by atoms with Gasteiger partial charge in [0.05, 0.1) is 0 Å². The lowest BCUT2D eigenvalue weighted by Crippen LogP contribution is -2.58. The van der Waals surface area contributed by atoms with Gasteiger partial charge in [-0.25, -0.2) is 4.79 Å². The molecule has 2 aromatic carbocycles. The second kappa shape index (κ2) is 5.92. The van der Waals surface area contributed by atoms with E-state index in [1.807, 2.05) is 30.3 Å². The highest BCUT2D eigenvalue weighted by atomic mass is 16.4. The van der Waals surface area contributed by atoms with Crippen LogP contribution in [0.25, 0.3) is 0 Å². The average Bonchev–Trinajstić information content (AvgIpc) is 2.90. The summed E-state index contributed by atoms with van der Waals surface area (Å²) in [6.07, 6.45) is 0.309. The molecule has 1 atom stereocenters. The number of anilines is 1. The Kier molecular flexibility index (Phi) is 3.93. The van der Waals surface area contributed by atoms with Crippen LogP contribution in [-0.4, -0.2) is 28.3 Å². The van der Waals surface area contributed by atoms with Crippen molar-refractivity contribution in [3.05, 3.63) is 65.7 Å². The Morgan fingerprint density at radius 2 is 1.67 bits per heavy atom. The molecule has 5 nitrogen and oxygen atoms in total. The third-order valence-electron chi connectivity index (χ3n) is 4.39. The van der Waals surface area contributed by atoms with Crippen LogP contribution in [0.1, 0.15) is 18.1 Å². The van der Waals surface area contributed by atoms with Gasteiger partial charge in [-0.3, -0.25) is 14.5 Å². The monoisotopic (exact) mass is 323 g/mol. The second-order valence-electron chi connectivity index (χ2n) is 6.00. The molecule has 0 spiro atoms. The molecule has 1 aliphatic rings. The Morgan fingerprint density at radius 1 is 1.04 bits per heavy atom. The zero-order valence-electron chi connectivity index (χ0n) is 13.2. The van der Waals surface area contributed by atoms with Crippen molar-refractivity contribution >= 4 is 23.3 Å². The van der Waals surface area contributed by atoms with Crippen LogP contribution in [0.4, 0.5) is 5.69 Å². The number of carbonyl (C=O) groups is 3. The standard InChI is InChI=1S/C19H17NO4/c1-13(21)17(22)20-16-10-6-5-9-15(16)12-19(20,18(23)24)11-14-7-3-2-4-8-14/h2-10H,11-12H2,1H3,(H,23,24)/t19-/m0/s1. The smallest absolute Gasteiger partial charge is 0.330 e. The molecule has 5 heteroatoms. The number of nitrogens with zero attached hydrogens (tertiary/aromatic N) is 1. The fraction of sp³-hybridized carbons (Fsp3) is 0.211. The predicted molar refractivity (Wildman–Crippen MR) is 88.8 cm³/mol. The summed E-state index contributed by atoms with van der Waals surface area (Å²) in [5.74, 6) is -2.58. The number of rotatable bonds is 4. The summed E-state index contributed by atoms with van der Waals surface area (Å²) >= 11 is 0. The van der Waals surface area contributed by atoms with Gasteiger partial charge in [-0.1, -0.05) is 48.5 Å². The zero-order chi connectivity index (χ0) is 17.3. The minimum absolute atomic E-state index is 0.136. The van der Waals surface area contributed by atoms with E-state index in [0.717, 1.165) is 11.1 Å². The molecule has 2 aromatic rings. The van der Waals surface area contributed by atoms with Gasteiger partial charge in [-0.15, -0.1) is 0 Å². The zero-order valence-corrected chi connectivity index (χ0v) is 13.2. The predicted octanol–water partition coefficient (Wildman–Crippen LogP) is 2.23. The molecule has 24 heavy (non-hydrogen) atoms. The summed E-state index contributed by atoms with van der Waals surface area (Å²) in [6.45, 7) is 1.17. The van der Waals surface area contributed by atoms with Crippen molar-refractivity contribution in [1.29, 1.82) is 0 Å². The first-order valence-electron chi connectivity index (χ1n) is 7.66. The summed E-state index contributed by atoms with van der Waals surface area (Å²) in [6, 6.07) is 16.2. The number of Topliss-reactive ketones (excluding diaryl/α,β-unsaturated/α-hetero) is 1. The van der Waals surface area contributed by atoms with E-state index in [1.165, 1.54) is 11.8 Å². The summed E-state index contributed by atoms with van der Waals surface area (Å²) in [5, 5.41) is 9.99. The molecule has 0 aromatic heterocycles. The fourth-order valence-electron chi connectivity index (χ4n) is 3.29. The summed E-state index contributed by atoms with van der Waals surface area (Å²) in [5.41, 5.74) is 0.559. The van der Waals surface area contributed by atoms with Crippen LogP contribution in [0.5, 0.6) is 0 Å². The SMILES string of the molecule is CC(=O)C(=O)N1c2ccccc2C[C@@]1(Cc1ccccc1)C(=O)O. The van der Waals surface area contributed by atoms with Crippen molar-refractivity contribution in [2.24, 2.45) is 0 Å². The van der Waals surface area contributed by atoms with Gasteiger partial charge in [0.25, 0.3) is 5.91 Å². The summed E-state index contributed by atoms with van der Waals surface area (Å²) in [7, 11) is 0. The van der Waals surface area contributed by atoms with Crippen molar-refractivity contribution in [1.82, 2.24) is 0 Å². The van der Waals surface area contributed by atoms with Crippen molar-refractivity contribution in [2.75, 3.05) is 4.90 Å². The van der Waals surface area contributed by atoms with Gasteiger partial charge < -0.3 is 5.11 Å². The highest BCUT2D eigenvalue weighted by Crippen LogP contribution is 2.41. The van der Waals surface area contributed by atoms with Crippen LogP contribution >= 0.6 is 0 Å². The number of carbonyl (C=O) groups excluding carboxylic acids is 2. The number of amides is 1. The van der Waals surface area contributed by atoms with E-state index in [-0.39, 0.29) is 12.8 Å². The maximum Gasteiger partial charge on any atom is 0.330 e. The van der Waals surface area contributed by atoms with Crippen LogP contribution in [-0.2, 0) is 27.2 Å². The summed E-state index contributed by atoms with van der Waals surface area (Å²) in [4.78, 5) is 37.6. The fourth-order valence-corrected chi connectivity index (χ4v) is 3.29. The Morgan fingerprint density at radius 3 is 2.29 bits per heavy atom. The van der Waals surface area contributed by atoms with Crippen molar-refractivity contribution in [2.45, 2.75) is 25.3 Å². The molecule has 1 N–H and O–H groups in total. The first-order valence-corrected chi connectivity index (χ1v) is 7.66. The quantitative estimate of drug-likeness (QED) is 0.876. The van der Waals surface area contributed by atoms with Crippen LogP contribution in [0.2, 0.25) is 0 Å². The van der Waals surface area contributed by atoms with Crippen LogP contribution in [0.3, 0.4) is 0 Å². The highest BCUT2D eigenvalue weighted by molar-refractivity contribution is 6.41. The largest absolute Gasteiger partial charge is 0.479 e. The molecule has 0 saturated carbocycles. The lowest BCUT2D eigenvalue weighted by molar-refractivity contribution is -0.146. The van der Waals surface area contributed by atoms with Gasteiger partial charge in [-0.05, 0) is 17.2 Å². The number of hydrogen-bond donors (Lipinski definition) is 1. The number of fused-ring (bicyclic) bond motifs is 1. The molecular weight excluding hydrogens is 306 g/mol. The van der Waals surface area contributed by atoms with E-state index in [1.54, 1.807) is 24.3 Å². The Balaban J connectivity index is 2.15. The Bertz CT molecular complexity index is 815. The lowest BCUT2D eigenvalue weighted by atomic mass is 9.86. The van der Waals surface area contributed by atoms with E-state index < -0.39 is 23.2 Å². The summed E-state index contributed by atoms with van der Waals surface area (Å²) < 4.78 is 0. The van der Waals surface area contributed by atoms with Gasteiger partial charge in [0.2, 0.25) is 5.78 Å². The molecule has 0 bridgehead atoms. The molecule has 3 rings (SSSR count). The Labute approximate surface area is 139 Å². The molecule has 1 amide bonds. The van der Waals surface area contributed by atoms with Gasteiger partial charge >= 0.3 is 5.97 Å². The molecule has 1 heterocycles. The van der Waals surface area contributed by atoms with Crippen molar-refractivity contribution in [3.8, 4) is 0 Å². The third kappa shape index (κ3) is 2.48. The van der Waals surface area contributed by atoms with Gasteiger partial charge in [0, 0.05) is 25.5 Å². The molecular formula is C19H17NO4. The van der Waals surface area contributed by atoms with Crippen molar-refractivity contribution in [3.63, 3.8) is 0 Å². The second-order valence-corrected chi connectivity index (χ2v) is 6.00. The first-order chi connectivity index (χ1) is 11.5. The topological polar surface area (TPSA) is 74.7 Å². The van der Waals surface area contributed by atoms with Crippen molar-refractivity contribution < 1.29 is 19.5 Å². The molecule has 1 aliphatic heterocycles. The molecule has 0 unspecified atom stereocenters. The number of para-hydroxylation sites is 1. The lowest BCUT2D eigenvalue weighted by Gasteiger charge is -2.34. The highest BCUT2D eigenvalue weighted by Gasteiger charge is 2.53. The molecule has 0 saturated heterocycles. The van der Waals surface area contributed by atoms with Gasteiger partial charge in [0.15, 0.2) is 5.54 Å². The molecule has 0 radical (unpaired) electrons. The maximum absolute atomic E-state index is 12.5. The van der Waals surface area contributed by atoms with Crippen LogP contribution in [0, 0.1) is 0 Å². The first kappa shape index (κ1) is 15.9. The van der Waals surface area contributed by atoms with E-state index in [9.17, 15) is 19.5 Å². The normalized spacial score (nSPS) is 19.0. The van der Waals surface area contributed by atoms with Crippen LogP contribution < -0.4 is 4.90 Å². The minimum atomic E-state index is -1.49. The number of ketones is 1. The minimum Gasteiger partial charge on any atom is -0.479 e. The molecule has 0 aliphatic carbocycles. The number of benzene rings is 2. The van der Waals surface area contributed by atoms with E-state index in [2.05, 4.69) is 0 Å². The van der Waals surface area contributed by atoms with Gasteiger partial charge in [0.1, 0.15) is 0 Å². The van der Waals surface area contributed by atoms with E-state index in [4.69, 9.17) is 0 Å². The maximum atomic E-state index is 12.5. The average molecular weight is 323 g/mol. The third-order valence-corrected chi connectivity index (χ3v) is 4.39. The number of carboxylic acid groups (broad SMARTS) is 1. The number of carboxylic acids is 1. The number of aliphatic carboxylic acids is 1. The van der Waals surface area contributed by atoms with Gasteiger partial charge in [-0.2, -0.15) is 0 Å². The van der Waals surface area contributed by atoms with E-state index >= 15 is 0 Å². The molecule has 0 fully saturated rings. The van der Waals surface area contributed by atoms with Crippen LogP contribution in [0.15, 0.2) is 54.6 Å². The molecule has 122 valence electrons.